The van der Waals surface area contributed by atoms with Gasteiger partial charge in [0.15, 0.2) is 0 Å². The first kappa shape index (κ1) is 9.11. The average Bonchev–Trinajstić information content (AvgIpc) is 2.60. The van der Waals surface area contributed by atoms with E-state index in [4.69, 9.17) is 4.74 Å². The van der Waals surface area contributed by atoms with Crippen LogP contribution in [0.5, 0.6) is 0 Å². The minimum atomic E-state index is 0.240. The van der Waals surface area contributed by atoms with Crippen LogP contribution in [-0.4, -0.2) is 5.60 Å². The molecule has 1 saturated carbocycles. The molecular weight excluding hydrogens is 160 g/mol. The van der Waals surface area contributed by atoms with Gasteiger partial charge >= 0.3 is 0 Å². The van der Waals surface area contributed by atoms with Crippen LogP contribution in [0.4, 0.5) is 0 Å². The van der Waals surface area contributed by atoms with E-state index in [2.05, 4.69) is 20.8 Å². The number of rotatable bonds is 1. The van der Waals surface area contributed by atoms with Crippen molar-refractivity contribution in [1.29, 1.82) is 0 Å². The average molecular weight is 180 g/mol. The summed E-state index contributed by atoms with van der Waals surface area (Å²) in [6, 6.07) is 0. The lowest BCUT2D eigenvalue weighted by atomic mass is 9.95. The van der Waals surface area contributed by atoms with Gasteiger partial charge in [-0.05, 0) is 38.2 Å². The monoisotopic (exact) mass is 180 g/mol. The highest BCUT2D eigenvalue weighted by Crippen LogP contribution is 2.46. The van der Waals surface area contributed by atoms with Gasteiger partial charge in [-0.3, -0.25) is 0 Å². The number of hydrogen-bond acceptors (Lipinski definition) is 1. The molecule has 1 spiro atoms. The molecule has 0 aromatic heterocycles. The van der Waals surface area contributed by atoms with E-state index in [1.807, 2.05) is 0 Å². The summed E-state index contributed by atoms with van der Waals surface area (Å²) >= 11 is 0. The van der Waals surface area contributed by atoms with Crippen LogP contribution in [0.1, 0.15) is 52.9 Å². The van der Waals surface area contributed by atoms with E-state index in [0.717, 1.165) is 0 Å². The van der Waals surface area contributed by atoms with Crippen LogP contribution in [0.15, 0.2) is 11.3 Å². The third-order valence-electron chi connectivity index (χ3n) is 3.37. The second kappa shape index (κ2) is 3.04. The van der Waals surface area contributed by atoms with Gasteiger partial charge < -0.3 is 4.74 Å². The number of ether oxygens (including phenoxy) is 1. The van der Waals surface area contributed by atoms with E-state index in [1.54, 1.807) is 0 Å². The van der Waals surface area contributed by atoms with Gasteiger partial charge in [-0.15, -0.1) is 0 Å². The quantitative estimate of drug-likeness (QED) is 0.598. The first-order valence-corrected chi connectivity index (χ1v) is 5.52. The van der Waals surface area contributed by atoms with E-state index in [1.165, 1.54) is 43.4 Å². The van der Waals surface area contributed by atoms with Crippen molar-refractivity contribution >= 4 is 0 Å². The van der Waals surface area contributed by atoms with Crippen molar-refractivity contribution in [2.24, 2.45) is 5.92 Å². The second-order valence-electron chi connectivity index (χ2n) is 4.97. The summed E-state index contributed by atoms with van der Waals surface area (Å²) in [5.74, 6) is 1.85. The maximum atomic E-state index is 6.16. The zero-order valence-electron chi connectivity index (χ0n) is 9.02. The molecule has 1 aliphatic heterocycles. The van der Waals surface area contributed by atoms with Gasteiger partial charge in [-0.2, -0.15) is 0 Å². The molecule has 74 valence electrons. The van der Waals surface area contributed by atoms with Crippen molar-refractivity contribution in [3.63, 3.8) is 0 Å². The highest BCUT2D eigenvalue weighted by Gasteiger charge is 2.41. The summed E-state index contributed by atoms with van der Waals surface area (Å²) in [4.78, 5) is 0. The Kier molecular flexibility index (Phi) is 2.13. The SMILES string of the molecule is CC1=C(C(C)C)OC2(CCCC2)C1. The summed E-state index contributed by atoms with van der Waals surface area (Å²) in [5.41, 5.74) is 1.74. The Balaban J connectivity index is 2.12. The highest BCUT2D eigenvalue weighted by atomic mass is 16.5. The lowest BCUT2D eigenvalue weighted by Crippen LogP contribution is -2.24. The third-order valence-corrected chi connectivity index (χ3v) is 3.37. The van der Waals surface area contributed by atoms with Crippen molar-refractivity contribution in [3.8, 4) is 0 Å². The van der Waals surface area contributed by atoms with Crippen LogP contribution < -0.4 is 0 Å². The summed E-state index contributed by atoms with van der Waals surface area (Å²) in [5, 5.41) is 0. The Morgan fingerprint density at radius 3 is 2.31 bits per heavy atom. The Hall–Kier alpha value is -0.460. The summed E-state index contributed by atoms with van der Waals surface area (Å²) in [6.07, 6.45) is 6.47. The maximum absolute atomic E-state index is 6.16. The first-order valence-electron chi connectivity index (χ1n) is 5.52. The Morgan fingerprint density at radius 1 is 1.23 bits per heavy atom. The van der Waals surface area contributed by atoms with E-state index in [9.17, 15) is 0 Å². The second-order valence-corrected chi connectivity index (χ2v) is 4.97. The summed E-state index contributed by atoms with van der Waals surface area (Å²) in [7, 11) is 0. The molecule has 1 fully saturated rings. The third kappa shape index (κ3) is 1.49. The molecule has 0 atom stereocenters. The summed E-state index contributed by atoms with van der Waals surface area (Å²) < 4.78 is 6.16. The van der Waals surface area contributed by atoms with Gasteiger partial charge in [0.2, 0.25) is 0 Å². The predicted octanol–water partition coefficient (Wildman–Crippen LogP) is 3.65. The largest absolute Gasteiger partial charge is 0.491 e. The fourth-order valence-electron chi connectivity index (χ4n) is 2.84. The van der Waals surface area contributed by atoms with Crippen LogP contribution in [-0.2, 0) is 4.74 Å². The first-order chi connectivity index (χ1) is 6.13. The fraction of sp³-hybridized carbons (Fsp3) is 0.833. The molecule has 1 heterocycles. The van der Waals surface area contributed by atoms with Crippen LogP contribution >= 0.6 is 0 Å². The van der Waals surface area contributed by atoms with Gasteiger partial charge in [0.25, 0.3) is 0 Å². The van der Waals surface area contributed by atoms with E-state index in [-0.39, 0.29) is 5.60 Å². The molecule has 2 aliphatic rings. The zero-order valence-corrected chi connectivity index (χ0v) is 9.02. The van der Waals surface area contributed by atoms with Gasteiger partial charge in [0, 0.05) is 12.3 Å². The molecule has 0 N–H and O–H groups in total. The van der Waals surface area contributed by atoms with Gasteiger partial charge in [-0.1, -0.05) is 13.8 Å². The van der Waals surface area contributed by atoms with Crippen molar-refractivity contribution in [2.45, 2.75) is 58.5 Å². The molecule has 0 saturated heterocycles. The maximum Gasteiger partial charge on any atom is 0.112 e. The lowest BCUT2D eigenvalue weighted by Gasteiger charge is -2.25. The standard InChI is InChI=1S/C12H20O/c1-9(2)11-10(3)8-12(13-11)6-4-5-7-12/h9H,4-8H2,1-3H3. The molecular formula is C12H20O. The topological polar surface area (TPSA) is 9.23 Å². The van der Waals surface area contributed by atoms with Gasteiger partial charge in [0.1, 0.15) is 5.60 Å². The number of allylic oxidation sites excluding steroid dienone is 1. The van der Waals surface area contributed by atoms with Crippen molar-refractivity contribution in [2.75, 3.05) is 0 Å². The van der Waals surface area contributed by atoms with Crippen LogP contribution in [0.25, 0.3) is 0 Å². The molecule has 0 amide bonds. The molecule has 0 aromatic rings. The molecule has 0 radical (unpaired) electrons. The van der Waals surface area contributed by atoms with Crippen LogP contribution in [0.3, 0.4) is 0 Å². The fourth-order valence-corrected chi connectivity index (χ4v) is 2.84. The van der Waals surface area contributed by atoms with Gasteiger partial charge in [0.05, 0.1) is 5.76 Å². The number of hydrogen-bond donors (Lipinski definition) is 0. The summed E-state index contributed by atoms with van der Waals surface area (Å²) in [6.45, 7) is 6.70. The van der Waals surface area contributed by atoms with E-state index >= 15 is 0 Å². The minimum Gasteiger partial charge on any atom is -0.491 e. The highest BCUT2D eigenvalue weighted by molar-refractivity contribution is 5.19. The van der Waals surface area contributed by atoms with E-state index < -0.39 is 0 Å². The van der Waals surface area contributed by atoms with Crippen molar-refractivity contribution in [1.82, 2.24) is 0 Å². The Morgan fingerprint density at radius 2 is 1.85 bits per heavy atom. The Bertz CT molecular complexity index is 232. The predicted molar refractivity (Wildman–Crippen MR) is 54.4 cm³/mol. The smallest absolute Gasteiger partial charge is 0.112 e. The van der Waals surface area contributed by atoms with Crippen molar-refractivity contribution in [3.05, 3.63) is 11.3 Å². The molecule has 0 unspecified atom stereocenters. The lowest BCUT2D eigenvalue weighted by molar-refractivity contribution is 0.0213. The molecule has 0 bridgehead atoms. The van der Waals surface area contributed by atoms with E-state index in [0.29, 0.717) is 5.92 Å². The molecule has 1 aliphatic carbocycles. The van der Waals surface area contributed by atoms with Crippen LogP contribution in [0, 0.1) is 5.92 Å². The molecule has 1 heteroatoms. The van der Waals surface area contributed by atoms with Gasteiger partial charge in [-0.25, -0.2) is 0 Å². The molecule has 13 heavy (non-hydrogen) atoms. The zero-order chi connectivity index (χ0) is 9.47. The molecule has 2 rings (SSSR count). The van der Waals surface area contributed by atoms with Crippen molar-refractivity contribution < 1.29 is 4.74 Å². The Labute approximate surface area is 81.2 Å². The van der Waals surface area contributed by atoms with Crippen LogP contribution in [0.2, 0.25) is 0 Å². The minimum absolute atomic E-state index is 0.240. The normalized spacial score (nSPS) is 26.2. The molecule has 1 nitrogen and oxygen atoms in total. The molecule has 0 aromatic carbocycles.